The third kappa shape index (κ3) is 3.01. The van der Waals surface area contributed by atoms with Gasteiger partial charge in [0.25, 0.3) is 0 Å². The number of hydrogen-bond donors (Lipinski definition) is 1. The molecule has 1 fully saturated rings. The average molecular weight is 290 g/mol. The molecule has 1 saturated heterocycles. The Kier molecular flexibility index (Phi) is 4.36. The van der Waals surface area contributed by atoms with Crippen molar-refractivity contribution < 1.29 is 9.47 Å². The van der Waals surface area contributed by atoms with Gasteiger partial charge >= 0.3 is 0 Å². The van der Waals surface area contributed by atoms with Crippen LogP contribution in [0.4, 0.5) is 0 Å². The lowest BCUT2D eigenvalue weighted by molar-refractivity contribution is 0.0535. The molecule has 0 aliphatic carbocycles. The zero-order chi connectivity index (χ0) is 14.7. The minimum absolute atomic E-state index is 0.00639. The Bertz CT molecular complexity index is 492. The van der Waals surface area contributed by atoms with Gasteiger partial charge in [0, 0.05) is 25.1 Å². The summed E-state index contributed by atoms with van der Waals surface area (Å²) in [6.45, 7) is 6.75. The van der Waals surface area contributed by atoms with E-state index in [1.807, 2.05) is 19.1 Å². The van der Waals surface area contributed by atoms with E-state index in [1.54, 1.807) is 0 Å². The average Bonchev–Trinajstić information content (AvgIpc) is 2.88. The lowest BCUT2D eigenvalue weighted by Crippen LogP contribution is -2.42. The van der Waals surface area contributed by atoms with Crippen LogP contribution in [-0.4, -0.2) is 43.3 Å². The Morgan fingerprint density at radius 1 is 1.38 bits per heavy atom. The molecule has 0 bridgehead atoms. The van der Waals surface area contributed by atoms with E-state index in [2.05, 4.69) is 11.0 Å². The van der Waals surface area contributed by atoms with Crippen molar-refractivity contribution in [2.45, 2.75) is 38.2 Å². The third-order valence-corrected chi connectivity index (χ3v) is 4.62. The summed E-state index contributed by atoms with van der Waals surface area (Å²) in [5, 5.41) is 0. The molecule has 1 atom stereocenters. The van der Waals surface area contributed by atoms with Crippen LogP contribution in [0.15, 0.2) is 18.2 Å². The molecule has 0 aromatic heterocycles. The van der Waals surface area contributed by atoms with Crippen LogP contribution < -0.4 is 15.2 Å². The van der Waals surface area contributed by atoms with Gasteiger partial charge in [-0.05, 0) is 51.4 Å². The molecule has 4 heteroatoms. The van der Waals surface area contributed by atoms with Gasteiger partial charge in [0.2, 0.25) is 0 Å². The summed E-state index contributed by atoms with van der Waals surface area (Å²) in [4.78, 5) is 2.49. The molecule has 0 amide bonds. The quantitative estimate of drug-likeness (QED) is 0.903. The SMILES string of the molecule is CCOc1cccc2c1CCC1(CCN(CCCN)C1)O2. The van der Waals surface area contributed by atoms with Crippen LogP contribution in [0.25, 0.3) is 0 Å². The Labute approximate surface area is 127 Å². The molecule has 1 aromatic carbocycles. The molecule has 2 aliphatic rings. The molecule has 2 aliphatic heterocycles. The molecule has 0 saturated carbocycles. The highest BCUT2D eigenvalue weighted by molar-refractivity contribution is 5.46. The number of likely N-dealkylation sites (tertiary alicyclic amines) is 1. The summed E-state index contributed by atoms with van der Waals surface area (Å²) in [5.41, 5.74) is 6.86. The molecular formula is C17H26N2O2. The fraction of sp³-hybridized carbons (Fsp3) is 0.647. The maximum atomic E-state index is 6.42. The molecule has 1 unspecified atom stereocenters. The van der Waals surface area contributed by atoms with Crippen molar-refractivity contribution in [1.82, 2.24) is 4.90 Å². The molecular weight excluding hydrogens is 264 g/mol. The second-order valence-corrected chi connectivity index (χ2v) is 6.12. The zero-order valence-corrected chi connectivity index (χ0v) is 12.9. The van der Waals surface area contributed by atoms with Crippen molar-refractivity contribution in [2.24, 2.45) is 5.73 Å². The predicted molar refractivity (Wildman–Crippen MR) is 84.0 cm³/mol. The summed E-state index contributed by atoms with van der Waals surface area (Å²) in [6, 6.07) is 6.16. The number of nitrogens with two attached hydrogens (primary N) is 1. The van der Waals surface area contributed by atoms with Crippen molar-refractivity contribution in [2.75, 3.05) is 32.8 Å². The first-order valence-corrected chi connectivity index (χ1v) is 8.12. The molecule has 1 aromatic rings. The molecule has 1 spiro atoms. The maximum absolute atomic E-state index is 6.42. The number of rotatable bonds is 5. The monoisotopic (exact) mass is 290 g/mol. The Morgan fingerprint density at radius 2 is 2.29 bits per heavy atom. The van der Waals surface area contributed by atoms with E-state index >= 15 is 0 Å². The Morgan fingerprint density at radius 3 is 3.10 bits per heavy atom. The van der Waals surface area contributed by atoms with Crippen molar-refractivity contribution >= 4 is 0 Å². The highest BCUT2D eigenvalue weighted by Crippen LogP contribution is 2.42. The highest BCUT2D eigenvalue weighted by atomic mass is 16.5. The molecule has 2 heterocycles. The molecule has 3 rings (SSSR count). The fourth-order valence-corrected chi connectivity index (χ4v) is 3.54. The standard InChI is InChI=1S/C17H26N2O2/c1-2-20-15-5-3-6-16-14(15)7-8-17(21-16)9-12-19(13-17)11-4-10-18/h3,5-6H,2,4,7-13,18H2,1H3. The predicted octanol–water partition coefficient (Wildman–Crippen LogP) is 2.20. The van der Waals surface area contributed by atoms with Crippen LogP contribution in [0.2, 0.25) is 0 Å². The summed E-state index contributed by atoms with van der Waals surface area (Å²) in [5.74, 6) is 2.01. The molecule has 21 heavy (non-hydrogen) atoms. The second-order valence-electron chi connectivity index (χ2n) is 6.12. The molecule has 0 radical (unpaired) electrons. The van der Waals surface area contributed by atoms with Gasteiger partial charge in [-0.3, -0.25) is 4.90 Å². The minimum atomic E-state index is 0.00639. The van der Waals surface area contributed by atoms with Crippen molar-refractivity contribution in [1.29, 1.82) is 0 Å². The van der Waals surface area contributed by atoms with Crippen LogP contribution >= 0.6 is 0 Å². The van der Waals surface area contributed by atoms with E-state index in [0.717, 1.165) is 63.4 Å². The van der Waals surface area contributed by atoms with Crippen LogP contribution in [0.5, 0.6) is 11.5 Å². The van der Waals surface area contributed by atoms with Gasteiger partial charge in [-0.2, -0.15) is 0 Å². The molecule has 2 N–H and O–H groups in total. The van der Waals surface area contributed by atoms with E-state index in [1.165, 1.54) is 5.56 Å². The van der Waals surface area contributed by atoms with Gasteiger partial charge in [-0.15, -0.1) is 0 Å². The van der Waals surface area contributed by atoms with Crippen LogP contribution in [0.3, 0.4) is 0 Å². The van der Waals surface area contributed by atoms with Crippen LogP contribution in [0, 0.1) is 0 Å². The number of ether oxygens (including phenoxy) is 2. The highest BCUT2D eigenvalue weighted by Gasteiger charge is 2.42. The zero-order valence-electron chi connectivity index (χ0n) is 12.9. The van der Waals surface area contributed by atoms with E-state index < -0.39 is 0 Å². The largest absolute Gasteiger partial charge is 0.493 e. The normalized spacial score (nSPS) is 24.9. The number of hydrogen-bond acceptors (Lipinski definition) is 4. The van der Waals surface area contributed by atoms with Crippen molar-refractivity contribution in [3.63, 3.8) is 0 Å². The number of nitrogens with zero attached hydrogens (tertiary/aromatic N) is 1. The summed E-state index contributed by atoms with van der Waals surface area (Å²) in [7, 11) is 0. The van der Waals surface area contributed by atoms with Gasteiger partial charge in [0.1, 0.15) is 17.1 Å². The second kappa shape index (κ2) is 6.24. The van der Waals surface area contributed by atoms with E-state index in [4.69, 9.17) is 15.2 Å². The topological polar surface area (TPSA) is 47.7 Å². The summed E-state index contributed by atoms with van der Waals surface area (Å²) >= 11 is 0. The van der Waals surface area contributed by atoms with E-state index in [-0.39, 0.29) is 5.60 Å². The smallest absolute Gasteiger partial charge is 0.127 e. The fourth-order valence-electron chi connectivity index (χ4n) is 3.54. The summed E-state index contributed by atoms with van der Waals surface area (Å²) < 4.78 is 12.1. The first-order chi connectivity index (χ1) is 10.3. The lowest BCUT2D eigenvalue weighted by atomic mass is 9.90. The van der Waals surface area contributed by atoms with Crippen molar-refractivity contribution in [3.8, 4) is 11.5 Å². The molecule has 4 nitrogen and oxygen atoms in total. The first-order valence-electron chi connectivity index (χ1n) is 8.12. The van der Waals surface area contributed by atoms with Crippen molar-refractivity contribution in [3.05, 3.63) is 23.8 Å². The number of benzene rings is 1. The Balaban J connectivity index is 1.72. The Hall–Kier alpha value is -1.26. The van der Waals surface area contributed by atoms with Crippen LogP contribution in [0.1, 0.15) is 31.7 Å². The van der Waals surface area contributed by atoms with Gasteiger partial charge in [0.05, 0.1) is 6.61 Å². The van der Waals surface area contributed by atoms with Gasteiger partial charge < -0.3 is 15.2 Å². The third-order valence-electron chi connectivity index (χ3n) is 4.62. The van der Waals surface area contributed by atoms with Gasteiger partial charge in [-0.1, -0.05) is 6.07 Å². The van der Waals surface area contributed by atoms with E-state index in [9.17, 15) is 0 Å². The van der Waals surface area contributed by atoms with Gasteiger partial charge in [-0.25, -0.2) is 0 Å². The maximum Gasteiger partial charge on any atom is 0.127 e. The molecule has 116 valence electrons. The van der Waals surface area contributed by atoms with Gasteiger partial charge in [0.15, 0.2) is 0 Å². The van der Waals surface area contributed by atoms with Crippen LogP contribution in [-0.2, 0) is 6.42 Å². The minimum Gasteiger partial charge on any atom is -0.493 e. The lowest BCUT2D eigenvalue weighted by Gasteiger charge is -2.36. The summed E-state index contributed by atoms with van der Waals surface area (Å²) in [6.07, 6.45) is 4.33. The van der Waals surface area contributed by atoms with E-state index in [0.29, 0.717) is 6.61 Å². The number of fused-ring (bicyclic) bond motifs is 1. The first kappa shape index (κ1) is 14.7.